The lowest BCUT2D eigenvalue weighted by Gasteiger charge is -2.08. The van der Waals surface area contributed by atoms with E-state index in [-0.39, 0.29) is 5.97 Å². The first kappa shape index (κ1) is 13.3. The lowest BCUT2D eigenvalue weighted by atomic mass is 10.2. The van der Waals surface area contributed by atoms with Crippen molar-refractivity contribution in [2.24, 2.45) is 7.05 Å². The predicted molar refractivity (Wildman–Crippen MR) is 70.0 cm³/mol. The van der Waals surface area contributed by atoms with E-state index in [4.69, 9.17) is 4.74 Å². The van der Waals surface area contributed by atoms with Crippen molar-refractivity contribution in [1.82, 2.24) is 19.6 Å². The van der Waals surface area contributed by atoms with Gasteiger partial charge in [0.15, 0.2) is 0 Å². The molecular weight excluding hydrogens is 244 g/mol. The van der Waals surface area contributed by atoms with Crippen LogP contribution in [0.15, 0.2) is 12.3 Å². The van der Waals surface area contributed by atoms with Crippen molar-refractivity contribution in [2.75, 3.05) is 6.61 Å². The molecule has 6 nitrogen and oxygen atoms in total. The highest BCUT2D eigenvalue weighted by Crippen LogP contribution is 2.13. The summed E-state index contributed by atoms with van der Waals surface area (Å²) >= 11 is 0. The van der Waals surface area contributed by atoms with Gasteiger partial charge >= 0.3 is 5.97 Å². The summed E-state index contributed by atoms with van der Waals surface area (Å²) in [6.45, 7) is 6.58. The van der Waals surface area contributed by atoms with Crippen LogP contribution in [-0.2, 0) is 18.3 Å². The third kappa shape index (κ3) is 2.67. The Morgan fingerprint density at radius 3 is 2.74 bits per heavy atom. The highest BCUT2D eigenvalue weighted by atomic mass is 16.5. The summed E-state index contributed by atoms with van der Waals surface area (Å²) in [5.74, 6) is -0.341. The van der Waals surface area contributed by atoms with Gasteiger partial charge in [-0.25, -0.2) is 4.79 Å². The minimum absolute atomic E-state index is 0.341. The number of carbonyl (C=O) groups is 1. The Morgan fingerprint density at radius 1 is 1.42 bits per heavy atom. The summed E-state index contributed by atoms with van der Waals surface area (Å²) in [6, 6.07) is 2.00. The number of hydrogen-bond donors (Lipinski definition) is 0. The molecule has 0 radical (unpaired) electrons. The van der Waals surface area contributed by atoms with Crippen LogP contribution < -0.4 is 0 Å². The van der Waals surface area contributed by atoms with E-state index in [1.165, 1.54) is 0 Å². The minimum Gasteiger partial charge on any atom is -0.462 e. The smallest absolute Gasteiger partial charge is 0.341 e. The van der Waals surface area contributed by atoms with Crippen LogP contribution in [0, 0.1) is 13.8 Å². The number of hydrogen-bond acceptors (Lipinski definition) is 4. The molecule has 0 atom stereocenters. The van der Waals surface area contributed by atoms with Crippen molar-refractivity contribution in [1.29, 1.82) is 0 Å². The normalized spacial score (nSPS) is 10.7. The monoisotopic (exact) mass is 262 g/mol. The van der Waals surface area contributed by atoms with Gasteiger partial charge in [0.1, 0.15) is 5.56 Å². The van der Waals surface area contributed by atoms with Gasteiger partial charge in [-0.3, -0.25) is 9.36 Å². The van der Waals surface area contributed by atoms with Gasteiger partial charge in [-0.15, -0.1) is 0 Å². The summed E-state index contributed by atoms with van der Waals surface area (Å²) in [6.07, 6.45) is 1.54. The first-order valence-corrected chi connectivity index (χ1v) is 6.22. The van der Waals surface area contributed by atoms with Gasteiger partial charge in [0.25, 0.3) is 0 Å². The van der Waals surface area contributed by atoms with Crippen LogP contribution in [-0.4, -0.2) is 32.1 Å². The van der Waals surface area contributed by atoms with Crippen molar-refractivity contribution in [3.63, 3.8) is 0 Å². The Balaban J connectivity index is 2.32. The number of ether oxygens (including phenoxy) is 1. The summed E-state index contributed by atoms with van der Waals surface area (Å²) in [5, 5.41) is 8.52. The Bertz CT molecular complexity index is 598. The molecule has 2 heterocycles. The van der Waals surface area contributed by atoms with Crippen LogP contribution in [0.5, 0.6) is 0 Å². The first-order chi connectivity index (χ1) is 9.02. The van der Waals surface area contributed by atoms with Crippen molar-refractivity contribution < 1.29 is 9.53 Å². The predicted octanol–water partition coefficient (Wildman–Crippen LogP) is 1.46. The topological polar surface area (TPSA) is 61.9 Å². The fourth-order valence-corrected chi connectivity index (χ4v) is 2.01. The van der Waals surface area contributed by atoms with E-state index in [0.29, 0.717) is 18.7 Å². The summed E-state index contributed by atoms with van der Waals surface area (Å²) in [5.41, 5.74) is 3.30. The summed E-state index contributed by atoms with van der Waals surface area (Å²) in [4.78, 5) is 11.9. The minimum atomic E-state index is -0.341. The van der Waals surface area contributed by atoms with Gasteiger partial charge in [-0.05, 0) is 26.8 Å². The molecule has 0 amide bonds. The van der Waals surface area contributed by atoms with Crippen molar-refractivity contribution in [2.45, 2.75) is 27.3 Å². The average Bonchev–Trinajstić information content (AvgIpc) is 2.85. The van der Waals surface area contributed by atoms with Gasteiger partial charge in [-0.2, -0.15) is 10.2 Å². The molecule has 0 aromatic carbocycles. The lowest BCUT2D eigenvalue weighted by molar-refractivity contribution is 0.0524. The summed E-state index contributed by atoms with van der Waals surface area (Å²) < 4.78 is 8.57. The Hall–Kier alpha value is -2.11. The van der Waals surface area contributed by atoms with Crippen LogP contribution in [0.1, 0.15) is 34.4 Å². The summed E-state index contributed by atoms with van der Waals surface area (Å²) in [7, 11) is 1.81. The van der Waals surface area contributed by atoms with E-state index in [2.05, 4.69) is 10.2 Å². The maximum Gasteiger partial charge on any atom is 0.341 e. The SMILES string of the molecule is CCOC(=O)c1cnn(C)c1Cn1nc(C)cc1C. The maximum atomic E-state index is 11.9. The highest BCUT2D eigenvalue weighted by Gasteiger charge is 2.18. The third-order valence-electron chi connectivity index (χ3n) is 2.96. The molecule has 0 bridgehead atoms. The molecule has 0 aliphatic rings. The molecule has 6 heteroatoms. The van der Waals surface area contributed by atoms with E-state index in [0.717, 1.165) is 17.1 Å². The molecule has 0 unspecified atom stereocenters. The van der Waals surface area contributed by atoms with Gasteiger partial charge < -0.3 is 4.74 Å². The number of esters is 1. The molecular formula is C13H18N4O2. The lowest BCUT2D eigenvalue weighted by Crippen LogP contribution is -2.13. The second kappa shape index (κ2) is 5.26. The Morgan fingerprint density at radius 2 is 2.16 bits per heavy atom. The average molecular weight is 262 g/mol. The highest BCUT2D eigenvalue weighted by molar-refractivity contribution is 5.90. The van der Waals surface area contributed by atoms with Crippen LogP contribution >= 0.6 is 0 Å². The van der Waals surface area contributed by atoms with Gasteiger partial charge in [0, 0.05) is 12.7 Å². The first-order valence-electron chi connectivity index (χ1n) is 6.22. The molecule has 0 fully saturated rings. The fraction of sp³-hybridized carbons (Fsp3) is 0.462. The van der Waals surface area contributed by atoms with Crippen LogP contribution in [0.4, 0.5) is 0 Å². The second-order valence-corrected chi connectivity index (χ2v) is 4.43. The number of carbonyl (C=O) groups excluding carboxylic acids is 1. The zero-order valence-corrected chi connectivity index (χ0v) is 11.7. The zero-order chi connectivity index (χ0) is 14.0. The van der Waals surface area contributed by atoms with Crippen LogP contribution in [0.25, 0.3) is 0 Å². The third-order valence-corrected chi connectivity index (χ3v) is 2.96. The van der Waals surface area contributed by atoms with Crippen molar-refractivity contribution in [3.8, 4) is 0 Å². The standard InChI is InChI=1S/C13H18N4O2/c1-5-19-13(18)11-7-14-16(4)12(11)8-17-10(3)6-9(2)15-17/h6-7H,5,8H2,1-4H3. The van der Waals surface area contributed by atoms with Crippen LogP contribution in [0.2, 0.25) is 0 Å². The maximum absolute atomic E-state index is 11.9. The molecule has 102 valence electrons. The molecule has 0 spiro atoms. The molecule has 2 rings (SSSR count). The number of nitrogens with zero attached hydrogens (tertiary/aromatic N) is 4. The molecule has 0 saturated carbocycles. The van der Waals surface area contributed by atoms with E-state index in [9.17, 15) is 4.79 Å². The molecule has 19 heavy (non-hydrogen) atoms. The van der Waals surface area contributed by atoms with Gasteiger partial charge in [0.05, 0.1) is 30.7 Å². The Labute approximate surface area is 112 Å². The van der Waals surface area contributed by atoms with Crippen molar-refractivity contribution >= 4 is 5.97 Å². The molecule has 2 aromatic rings. The number of rotatable bonds is 4. The van der Waals surface area contributed by atoms with Crippen molar-refractivity contribution in [3.05, 3.63) is 34.9 Å². The molecule has 0 N–H and O–H groups in total. The largest absolute Gasteiger partial charge is 0.462 e. The molecule has 0 saturated heterocycles. The number of aromatic nitrogens is 4. The Kier molecular flexibility index (Phi) is 3.69. The molecule has 0 aliphatic heterocycles. The zero-order valence-electron chi connectivity index (χ0n) is 11.7. The molecule has 2 aromatic heterocycles. The second-order valence-electron chi connectivity index (χ2n) is 4.43. The van der Waals surface area contributed by atoms with E-state index in [1.807, 2.05) is 31.6 Å². The van der Waals surface area contributed by atoms with Gasteiger partial charge in [0.2, 0.25) is 0 Å². The van der Waals surface area contributed by atoms with E-state index < -0.39 is 0 Å². The molecule has 0 aliphatic carbocycles. The fourth-order valence-electron chi connectivity index (χ4n) is 2.01. The van der Waals surface area contributed by atoms with E-state index in [1.54, 1.807) is 17.8 Å². The quantitative estimate of drug-likeness (QED) is 0.783. The van der Waals surface area contributed by atoms with Crippen LogP contribution in [0.3, 0.4) is 0 Å². The van der Waals surface area contributed by atoms with Gasteiger partial charge in [-0.1, -0.05) is 0 Å². The van der Waals surface area contributed by atoms with E-state index >= 15 is 0 Å². The number of aryl methyl sites for hydroxylation is 3.